The molecule has 0 unspecified atom stereocenters. The lowest BCUT2D eigenvalue weighted by atomic mass is 9.63. The number of aliphatic hydroxyl groups excluding tert-OH is 1. The number of aliphatic hydroxyl groups is 1. The van der Waals surface area contributed by atoms with Gasteiger partial charge in [-0.05, 0) is 37.3 Å². The Bertz CT molecular complexity index is 837. The first-order valence-electron chi connectivity index (χ1n) is 9.55. The van der Waals surface area contributed by atoms with E-state index in [-0.39, 0.29) is 30.5 Å². The predicted octanol–water partition coefficient (Wildman–Crippen LogP) is 4.51. The summed E-state index contributed by atoms with van der Waals surface area (Å²) in [6, 6.07) is 15.6. The third-order valence-corrected chi connectivity index (χ3v) is 5.89. The van der Waals surface area contributed by atoms with E-state index in [1.807, 2.05) is 18.2 Å². The molecule has 148 valence electrons. The molecule has 1 aliphatic heterocycles. The number of hydrogen-bond donors (Lipinski definition) is 1. The van der Waals surface area contributed by atoms with E-state index in [9.17, 15) is 14.3 Å². The Hall–Kier alpha value is -1.95. The number of carbonyl (C=O) groups excluding carboxylic acids is 1. The molecule has 28 heavy (non-hydrogen) atoms. The molecule has 1 aliphatic rings. The molecule has 2 aromatic rings. The molecule has 2 aromatic carbocycles. The fraction of sp³-hybridized carbons (Fsp3) is 0.391. The molecule has 0 aromatic heterocycles. The van der Waals surface area contributed by atoms with E-state index < -0.39 is 11.5 Å². The molecule has 0 aliphatic carbocycles. The van der Waals surface area contributed by atoms with Crippen LogP contribution in [0.5, 0.6) is 0 Å². The highest BCUT2D eigenvalue weighted by atomic mass is 32.1. The van der Waals surface area contributed by atoms with Crippen LogP contribution in [0.15, 0.2) is 54.6 Å². The number of halogens is 1. The smallest absolute Gasteiger partial charge is 0.167 e. The highest BCUT2D eigenvalue weighted by Gasteiger charge is 2.47. The Morgan fingerprint density at radius 3 is 2.61 bits per heavy atom. The minimum atomic E-state index is -0.786. The summed E-state index contributed by atoms with van der Waals surface area (Å²) in [7, 11) is 0. The quantitative estimate of drug-likeness (QED) is 0.549. The fourth-order valence-electron chi connectivity index (χ4n) is 4.29. The topological polar surface area (TPSA) is 46.5 Å². The number of thiocarbonyl (C=S) groups is 1. The van der Waals surface area contributed by atoms with Crippen LogP contribution in [0.1, 0.15) is 42.1 Å². The molecular formula is C23H25FO3S. The zero-order valence-electron chi connectivity index (χ0n) is 15.9. The summed E-state index contributed by atoms with van der Waals surface area (Å²) >= 11 is 5.59. The lowest BCUT2D eigenvalue weighted by Crippen LogP contribution is -2.50. The van der Waals surface area contributed by atoms with Gasteiger partial charge < -0.3 is 9.84 Å². The van der Waals surface area contributed by atoms with Gasteiger partial charge in [0.1, 0.15) is 5.82 Å². The number of rotatable bonds is 7. The van der Waals surface area contributed by atoms with Crippen molar-refractivity contribution in [3.63, 3.8) is 0 Å². The lowest BCUT2D eigenvalue weighted by Gasteiger charge is -2.46. The van der Waals surface area contributed by atoms with Gasteiger partial charge in [-0.2, -0.15) is 0 Å². The Morgan fingerprint density at radius 2 is 1.93 bits per heavy atom. The molecular weight excluding hydrogens is 375 g/mol. The molecule has 0 bridgehead atoms. The molecule has 1 saturated heterocycles. The molecule has 0 saturated carbocycles. The number of benzene rings is 2. The minimum Gasteiger partial charge on any atom is -0.393 e. The van der Waals surface area contributed by atoms with Crippen LogP contribution in [0.3, 0.4) is 0 Å². The summed E-state index contributed by atoms with van der Waals surface area (Å²) in [5, 5.41) is 10.4. The molecule has 1 heterocycles. The van der Waals surface area contributed by atoms with Crippen molar-refractivity contribution in [2.24, 2.45) is 5.92 Å². The zero-order chi connectivity index (χ0) is 20.1. The fourth-order valence-corrected chi connectivity index (χ4v) is 4.68. The van der Waals surface area contributed by atoms with Crippen molar-refractivity contribution in [2.45, 2.75) is 37.7 Å². The molecule has 3 nitrogen and oxygen atoms in total. The summed E-state index contributed by atoms with van der Waals surface area (Å²) in [5.74, 6) is -0.599. The lowest BCUT2D eigenvalue weighted by molar-refractivity contribution is -0.0495. The molecule has 0 spiro atoms. The predicted molar refractivity (Wildman–Crippen MR) is 111 cm³/mol. The van der Waals surface area contributed by atoms with Crippen molar-refractivity contribution < 1.29 is 19.0 Å². The third kappa shape index (κ3) is 4.37. The van der Waals surface area contributed by atoms with Gasteiger partial charge in [-0.1, -0.05) is 60.7 Å². The summed E-state index contributed by atoms with van der Waals surface area (Å²) in [6.07, 6.45) is 0.400. The zero-order valence-corrected chi connectivity index (χ0v) is 16.8. The first-order valence-corrected chi connectivity index (χ1v) is 9.95. The summed E-state index contributed by atoms with van der Waals surface area (Å²) < 4.78 is 20.5. The highest BCUT2D eigenvalue weighted by molar-refractivity contribution is 7.80. The van der Waals surface area contributed by atoms with Gasteiger partial charge in [-0.15, -0.1) is 0 Å². The number of hydrogen-bond acceptors (Lipinski definition) is 4. The second-order valence-corrected chi connectivity index (χ2v) is 8.08. The maximum atomic E-state index is 14.8. The maximum Gasteiger partial charge on any atom is 0.167 e. The minimum absolute atomic E-state index is 0.0559. The van der Waals surface area contributed by atoms with E-state index in [0.29, 0.717) is 35.4 Å². The van der Waals surface area contributed by atoms with Crippen LogP contribution in [-0.4, -0.2) is 35.1 Å². The van der Waals surface area contributed by atoms with Crippen LogP contribution in [0, 0.1) is 11.7 Å². The number of ether oxygens (including phenoxy) is 1. The van der Waals surface area contributed by atoms with Gasteiger partial charge in [0.15, 0.2) is 5.78 Å². The Kier molecular flexibility index (Phi) is 6.70. The van der Waals surface area contributed by atoms with Crippen LogP contribution >= 0.6 is 12.2 Å². The normalized spacial score (nSPS) is 23.2. The van der Waals surface area contributed by atoms with Crippen molar-refractivity contribution >= 4 is 22.9 Å². The van der Waals surface area contributed by atoms with Gasteiger partial charge in [0.2, 0.25) is 0 Å². The number of Topliss-reactive ketones (excluding diaryl/α,β-unsaturated/α-hetero) is 1. The highest BCUT2D eigenvalue weighted by Crippen LogP contribution is 2.44. The largest absolute Gasteiger partial charge is 0.393 e. The summed E-state index contributed by atoms with van der Waals surface area (Å²) in [6.45, 7) is 2.51. The van der Waals surface area contributed by atoms with E-state index >= 15 is 0 Å². The van der Waals surface area contributed by atoms with Gasteiger partial charge >= 0.3 is 0 Å². The third-order valence-electron chi connectivity index (χ3n) is 5.60. The Labute approximate surface area is 170 Å². The van der Waals surface area contributed by atoms with Gasteiger partial charge in [-0.25, -0.2) is 4.39 Å². The van der Waals surface area contributed by atoms with E-state index in [2.05, 4.69) is 0 Å². The molecule has 0 radical (unpaired) electrons. The molecule has 1 N–H and O–H groups in total. The van der Waals surface area contributed by atoms with E-state index in [1.54, 1.807) is 37.3 Å². The van der Waals surface area contributed by atoms with Crippen molar-refractivity contribution in [2.75, 3.05) is 13.2 Å². The van der Waals surface area contributed by atoms with Gasteiger partial charge in [0, 0.05) is 28.9 Å². The molecule has 5 heteroatoms. The Morgan fingerprint density at radius 1 is 1.25 bits per heavy atom. The van der Waals surface area contributed by atoms with Gasteiger partial charge in [0.05, 0.1) is 12.7 Å². The maximum absolute atomic E-state index is 14.8. The van der Waals surface area contributed by atoms with E-state index in [1.165, 1.54) is 6.07 Å². The standard InChI is InChI=1S/C23H25FO3S/c1-16(25)19-11-12-27-15-23(19,20-9-5-6-10-21(20)24)14-18(28)13-22(26)17-7-3-2-4-8-17/h2-10,16,19,25H,11-15H2,1H3/t16-,19+,23-/m1/s1. The molecule has 3 rings (SSSR count). The first kappa shape index (κ1) is 20.8. The van der Waals surface area contributed by atoms with Crippen LogP contribution < -0.4 is 0 Å². The monoisotopic (exact) mass is 400 g/mol. The SMILES string of the molecule is C[C@@H](O)[C@@H]1CCOC[C@@]1(CC(=S)CC(=O)c1ccccc1)c1ccccc1F. The van der Waals surface area contributed by atoms with Crippen LogP contribution in [0.2, 0.25) is 0 Å². The summed E-state index contributed by atoms with van der Waals surface area (Å²) in [4.78, 5) is 13.1. The van der Waals surface area contributed by atoms with Crippen molar-refractivity contribution in [3.8, 4) is 0 Å². The van der Waals surface area contributed by atoms with Crippen molar-refractivity contribution in [1.29, 1.82) is 0 Å². The van der Waals surface area contributed by atoms with Crippen LogP contribution in [0.4, 0.5) is 4.39 Å². The number of ketones is 1. The average molecular weight is 401 g/mol. The van der Waals surface area contributed by atoms with E-state index in [0.717, 1.165) is 0 Å². The molecule has 1 fully saturated rings. The van der Waals surface area contributed by atoms with Crippen LogP contribution in [-0.2, 0) is 10.2 Å². The summed E-state index contributed by atoms with van der Waals surface area (Å²) in [5.41, 5.74) is 0.318. The van der Waals surface area contributed by atoms with E-state index in [4.69, 9.17) is 17.0 Å². The first-order chi connectivity index (χ1) is 13.4. The van der Waals surface area contributed by atoms with Crippen LogP contribution in [0.25, 0.3) is 0 Å². The van der Waals surface area contributed by atoms with Crippen molar-refractivity contribution in [1.82, 2.24) is 0 Å². The van der Waals surface area contributed by atoms with Gasteiger partial charge in [0.25, 0.3) is 0 Å². The molecule has 3 atom stereocenters. The molecule has 0 amide bonds. The Balaban J connectivity index is 1.90. The second kappa shape index (κ2) is 9.03. The average Bonchev–Trinajstić information content (AvgIpc) is 2.69. The number of carbonyl (C=O) groups is 1. The van der Waals surface area contributed by atoms with Gasteiger partial charge in [-0.3, -0.25) is 4.79 Å². The second-order valence-electron chi connectivity index (χ2n) is 7.51. The van der Waals surface area contributed by atoms with Crippen molar-refractivity contribution in [3.05, 3.63) is 71.5 Å².